The molecule has 0 saturated carbocycles. The van der Waals surface area contributed by atoms with Crippen molar-refractivity contribution in [1.82, 2.24) is 29.9 Å². The van der Waals surface area contributed by atoms with Gasteiger partial charge in [-0.25, -0.2) is 10.1 Å². The van der Waals surface area contributed by atoms with Gasteiger partial charge < -0.3 is 5.32 Å². The zero-order chi connectivity index (χ0) is 18.4. The second kappa shape index (κ2) is 8.24. The lowest BCUT2D eigenvalue weighted by atomic mass is 10.2. The van der Waals surface area contributed by atoms with Gasteiger partial charge in [-0.15, -0.1) is 0 Å². The molecule has 3 heterocycles. The van der Waals surface area contributed by atoms with E-state index in [1.165, 1.54) is 6.33 Å². The van der Waals surface area contributed by atoms with Gasteiger partial charge in [0.1, 0.15) is 17.7 Å². The Morgan fingerprint density at radius 2 is 2.12 bits per heavy atom. The number of aromatic nitrogens is 5. The molecular weight excluding hydrogens is 334 g/mol. The summed E-state index contributed by atoms with van der Waals surface area (Å²) in [6.45, 7) is 2.39. The molecule has 3 rings (SSSR count). The van der Waals surface area contributed by atoms with Crippen LogP contribution in [0.5, 0.6) is 0 Å². The Bertz CT molecular complexity index is 886. The number of imidazole rings is 1. The second-order valence-corrected chi connectivity index (χ2v) is 5.92. The molecule has 136 valence electrons. The highest BCUT2D eigenvalue weighted by Gasteiger charge is 2.15. The molecule has 0 radical (unpaired) electrons. The van der Waals surface area contributed by atoms with E-state index in [-0.39, 0.29) is 11.8 Å². The van der Waals surface area contributed by atoms with Crippen LogP contribution in [0.3, 0.4) is 0 Å². The number of rotatable bonds is 8. The molecule has 0 aromatic carbocycles. The van der Waals surface area contributed by atoms with E-state index >= 15 is 0 Å². The molecule has 26 heavy (non-hydrogen) atoms. The first kappa shape index (κ1) is 17.6. The largest absolute Gasteiger partial charge is 0.351 e. The van der Waals surface area contributed by atoms with E-state index in [9.17, 15) is 9.59 Å². The maximum atomic E-state index is 12.4. The van der Waals surface area contributed by atoms with E-state index in [0.29, 0.717) is 30.3 Å². The van der Waals surface area contributed by atoms with Gasteiger partial charge in [-0.1, -0.05) is 12.5 Å². The molecular formula is C17H21N7O2. The summed E-state index contributed by atoms with van der Waals surface area (Å²) < 4.78 is 1.79. The van der Waals surface area contributed by atoms with Crippen molar-refractivity contribution < 1.29 is 9.59 Å². The van der Waals surface area contributed by atoms with Crippen molar-refractivity contribution in [3.8, 4) is 0 Å². The first-order valence-corrected chi connectivity index (χ1v) is 8.52. The predicted molar refractivity (Wildman–Crippen MR) is 95.7 cm³/mol. The Hall–Kier alpha value is -3.23. The average Bonchev–Trinajstić information content (AvgIpc) is 3.24. The summed E-state index contributed by atoms with van der Waals surface area (Å²) in [6, 6.07) is 5.63. The zero-order valence-electron chi connectivity index (χ0n) is 14.5. The number of aromatic amines is 1. The van der Waals surface area contributed by atoms with Crippen LogP contribution >= 0.6 is 0 Å². The van der Waals surface area contributed by atoms with Gasteiger partial charge in [-0.3, -0.25) is 19.3 Å². The van der Waals surface area contributed by atoms with Crippen molar-refractivity contribution in [1.29, 1.82) is 0 Å². The minimum Gasteiger partial charge on any atom is -0.351 e. The van der Waals surface area contributed by atoms with E-state index in [0.717, 1.165) is 24.9 Å². The van der Waals surface area contributed by atoms with Crippen molar-refractivity contribution in [3.05, 3.63) is 42.1 Å². The molecule has 3 N–H and O–H groups in total. The van der Waals surface area contributed by atoms with Gasteiger partial charge in [0, 0.05) is 19.2 Å². The lowest BCUT2D eigenvalue weighted by Crippen LogP contribution is -2.26. The van der Waals surface area contributed by atoms with Gasteiger partial charge in [0.15, 0.2) is 0 Å². The highest BCUT2D eigenvalue weighted by atomic mass is 16.2. The monoisotopic (exact) mass is 355 g/mol. The van der Waals surface area contributed by atoms with E-state index < -0.39 is 0 Å². The number of carbonyl (C=O) groups is 2. The normalized spacial score (nSPS) is 10.8. The van der Waals surface area contributed by atoms with Crippen LogP contribution in [-0.2, 0) is 4.79 Å². The van der Waals surface area contributed by atoms with Crippen LogP contribution in [0.15, 0.2) is 30.7 Å². The van der Waals surface area contributed by atoms with Gasteiger partial charge in [-0.2, -0.15) is 10.1 Å². The molecule has 0 spiro atoms. The number of aryl methyl sites for hydroxylation is 1. The Balaban J connectivity index is 1.37. The molecule has 0 aliphatic rings. The van der Waals surface area contributed by atoms with Crippen LogP contribution < -0.4 is 10.6 Å². The molecule has 0 atom stereocenters. The number of amides is 2. The average molecular weight is 355 g/mol. The number of pyridine rings is 1. The highest BCUT2D eigenvalue weighted by Crippen LogP contribution is 2.11. The van der Waals surface area contributed by atoms with Gasteiger partial charge in [0.2, 0.25) is 11.9 Å². The number of anilines is 1. The molecule has 0 aliphatic heterocycles. The lowest BCUT2D eigenvalue weighted by Gasteiger charge is -2.06. The summed E-state index contributed by atoms with van der Waals surface area (Å²) >= 11 is 0. The predicted octanol–water partition coefficient (Wildman–Crippen LogP) is 1.69. The molecule has 2 amide bonds. The third-order valence-corrected chi connectivity index (χ3v) is 3.96. The summed E-state index contributed by atoms with van der Waals surface area (Å²) in [7, 11) is 0. The summed E-state index contributed by atoms with van der Waals surface area (Å²) in [4.78, 5) is 32.3. The minimum atomic E-state index is -0.135. The lowest BCUT2D eigenvalue weighted by molar-refractivity contribution is -0.116. The van der Waals surface area contributed by atoms with Crippen LogP contribution in [-0.4, -0.2) is 42.9 Å². The topological polar surface area (TPSA) is 117 Å². The standard InChI is InChI=1S/C17H21N7O2/c1-12-15(24-10-6-4-7-13(24)21-12)16(26)18-9-5-2-3-8-14(25)22-17-19-11-20-23-17/h4,6-7,10-11H,2-3,5,8-9H2,1H3,(H,18,26)(H2,19,20,22,23,25). The number of nitrogens with zero attached hydrogens (tertiary/aromatic N) is 4. The van der Waals surface area contributed by atoms with Crippen molar-refractivity contribution in [2.24, 2.45) is 0 Å². The van der Waals surface area contributed by atoms with Crippen LogP contribution in [0.4, 0.5) is 5.95 Å². The summed E-state index contributed by atoms with van der Waals surface area (Å²) in [5.41, 5.74) is 2.03. The minimum absolute atomic E-state index is 0.104. The number of unbranched alkanes of at least 4 members (excludes halogenated alkanes) is 2. The maximum absolute atomic E-state index is 12.4. The van der Waals surface area contributed by atoms with E-state index in [2.05, 4.69) is 30.8 Å². The van der Waals surface area contributed by atoms with E-state index in [1.54, 1.807) is 4.40 Å². The Labute approximate surface area is 150 Å². The van der Waals surface area contributed by atoms with Crippen LogP contribution in [0.2, 0.25) is 0 Å². The van der Waals surface area contributed by atoms with Gasteiger partial charge in [0.25, 0.3) is 5.91 Å². The number of carbonyl (C=O) groups excluding carboxylic acids is 2. The molecule has 0 saturated heterocycles. The van der Waals surface area contributed by atoms with Gasteiger partial charge in [0.05, 0.1) is 5.69 Å². The molecule has 3 aromatic heterocycles. The summed E-state index contributed by atoms with van der Waals surface area (Å²) in [6.07, 6.45) is 5.96. The third-order valence-electron chi connectivity index (χ3n) is 3.96. The Morgan fingerprint density at radius 3 is 2.92 bits per heavy atom. The molecule has 0 bridgehead atoms. The Kier molecular flexibility index (Phi) is 5.57. The number of hydrogen-bond donors (Lipinski definition) is 3. The summed E-state index contributed by atoms with van der Waals surface area (Å²) in [5, 5.41) is 11.8. The Morgan fingerprint density at radius 1 is 1.23 bits per heavy atom. The number of hydrogen-bond acceptors (Lipinski definition) is 5. The van der Waals surface area contributed by atoms with E-state index in [4.69, 9.17) is 0 Å². The number of nitrogens with one attached hydrogen (secondary N) is 3. The molecule has 9 nitrogen and oxygen atoms in total. The SMILES string of the molecule is Cc1nc2ccccn2c1C(=O)NCCCCCC(=O)Nc1ncn[nH]1. The molecule has 0 aliphatic carbocycles. The number of fused-ring (bicyclic) bond motifs is 1. The fourth-order valence-corrected chi connectivity index (χ4v) is 2.72. The first-order chi connectivity index (χ1) is 12.6. The van der Waals surface area contributed by atoms with Gasteiger partial charge in [-0.05, 0) is 31.9 Å². The number of H-pyrrole nitrogens is 1. The maximum Gasteiger partial charge on any atom is 0.270 e. The van der Waals surface area contributed by atoms with Crippen LogP contribution in [0.25, 0.3) is 5.65 Å². The molecule has 0 unspecified atom stereocenters. The fraction of sp³-hybridized carbons (Fsp3) is 0.353. The molecule has 0 fully saturated rings. The molecule has 9 heteroatoms. The highest BCUT2D eigenvalue weighted by molar-refractivity contribution is 5.94. The second-order valence-electron chi connectivity index (χ2n) is 5.92. The van der Waals surface area contributed by atoms with E-state index in [1.807, 2.05) is 31.3 Å². The van der Waals surface area contributed by atoms with Gasteiger partial charge >= 0.3 is 0 Å². The zero-order valence-corrected chi connectivity index (χ0v) is 14.5. The van der Waals surface area contributed by atoms with Crippen molar-refractivity contribution in [2.45, 2.75) is 32.6 Å². The van der Waals surface area contributed by atoms with Crippen LogP contribution in [0, 0.1) is 6.92 Å². The quantitative estimate of drug-likeness (QED) is 0.532. The first-order valence-electron chi connectivity index (χ1n) is 8.52. The third kappa shape index (κ3) is 4.24. The van der Waals surface area contributed by atoms with Crippen molar-refractivity contribution in [2.75, 3.05) is 11.9 Å². The van der Waals surface area contributed by atoms with Crippen molar-refractivity contribution >= 4 is 23.4 Å². The summed E-state index contributed by atoms with van der Waals surface area (Å²) in [5.74, 6) is 0.113. The smallest absolute Gasteiger partial charge is 0.270 e. The van der Waals surface area contributed by atoms with Crippen molar-refractivity contribution in [3.63, 3.8) is 0 Å². The van der Waals surface area contributed by atoms with Crippen LogP contribution in [0.1, 0.15) is 41.9 Å². The fourth-order valence-electron chi connectivity index (χ4n) is 2.72. The molecule has 3 aromatic rings.